The molecule has 0 aliphatic heterocycles. The minimum absolute atomic E-state index is 0.0735. The van der Waals surface area contributed by atoms with E-state index < -0.39 is 6.10 Å². The van der Waals surface area contributed by atoms with Crippen LogP contribution in [-0.2, 0) is 4.79 Å². The molecule has 4 nitrogen and oxygen atoms in total. The molecule has 1 unspecified atom stereocenters. The van der Waals surface area contributed by atoms with Crippen molar-refractivity contribution >= 4 is 5.91 Å². The lowest BCUT2D eigenvalue weighted by Crippen LogP contribution is -2.36. The second kappa shape index (κ2) is 18.1. The first kappa shape index (κ1) is 26.3. The van der Waals surface area contributed by atoms with Gasteiger partial charge in [-0.15, -0.1) is 0 Å². The Labute approximate surface area is 185 Å². The quantitative estimate of drug-likeness (QED) is 0.244. The number of para-hydroxylation sites is 2. The zero-order valence-corrected chi connectivity index (χ0v) is 19.7. The second-order valence-corrected chi connectivity index (χ2v) is 8.30. The summed E-state index contributed by atoms with van der Waals surface area (Å²) < 4.78 is 11.0. The first-order valence-electron chi connectivity index (χ1n) is 12.3. The molecular formula is C26H45NO3. The van der Waals surface area contributed by atoms with E-state index in [2.05, 4.69) is 12.2 Å². The SMILES string of the molecule is CCCCCCCCCCCCCCCCNC(=O)C(C)Oc1ccccc1OC. The molecule has 1 aromatic carbocycles. The van der Waals surface area contributed by atoms with Crippen molar-refractivity contribution in [3.8, 4) is 11.5 Å². The fourth-order valence-corrected chi connectivity index (χ4v) is 3.63. The maximum absolute atomic E-state index is 12.2. The molecule has 1 atom stereocenters. The number of carbonyl (C=O) groups excluding carboxylic acids is 1. The highest BCUT2D eigenvalue weighted by Gasteiger charge is 2.15. The molecule has 0 aromatic heterocycles. The van der Waals surface area contributed by atoms with Gasteiger partial charge in [-0.1, -0.05) is 103 Å². The van der Waals surface area contributed by atoms with Crippen molar-refractivity contribution in [1.82, 2.24) is 5.32 Å². The number of ether oxygens (including phenoxy) is 2. The molecule has 30 heavy (non-hydrogen) atoms. The number of rotatable bonds is 19. The molecule has 1 amide bonds. The predicted molar refractivity (Wildman–Crippen MR) is 126 cm³/mol. The Morgan fingerprint density at radius 3 is 1.77 bits per heavy atom. The Morgan fingerprint density at radius 2 is 1.27 bits per heavy atom. The van der Waals surface area contributed by atoms with E-state index in [-0.39, 0.29) is 5.91 Å². The van der Waals surface area contributed by atoms with Crippen molar-refractivity contribution in [3.05, 3.63) is 24.3 Å². The second-order valence-electron chi connectivity index (χ2n) is 8.30. The molecule has 0 fully saturated rings. The number of carbonyl (C=O) groups is 1. The van der Waals surface area contributed by atoms with Gasteiger partial charge >= 0.3 is 0 Å². The van der Waals surface area contributed by atoms with Gasteiger partial charge in [0.2, 0.25) is 0 Å². The summed E-state index contributed by atoms with van der Waals surface area (Å²) >= 11 is 0. The van der Waals surface area contributed by atoms with Gasteiger partial charge in [-0.3, -0.25) is 4.79 Å². The number of amides is 1. The average Bonchev–Trinajstić information content (AvgIpc) is 2.76. The molecule has 0 aliphatic rings. The Hall–Kier alpha value is -1.71. The standard InChI is InChI=1S/C26H45NO3/c1-4-5-6-7-8-9-10-11-12-13-14-15-16-19-22-27-26(28)23(2)30-25-21-18-17-20-24(25)29-3/h17-18,20-21,23H,4-16,19,22H2,1-3H3,(H,27,28). The summed E-state index contributed by atoms with van der Waals surface area (Å²) in [5.74, 6) is 1.17. The largest absolute Gasteiger partial charge is 0.493 e. The zero-order valence-electron chi connectivity index (χ0n) is 19.7. The monoisotopic (exact) mass is 419 g/mol. The van der Waals surface area contributed by atoms with Crippen molar-refractivity contribution in [3.63, 3.8) is 0 Å². The fourth-order valence-electron chi connectivity index (χ4n) is 3.63. The lowest BCUT2D eigenvalue weighted by atomic mass is 10.0. The highest BCUT2D eigenvalue weighted by molar-refractivity contribution is 5.80. The Balaban J connectivity index is 1.93. The first-order valence-corrected chi connectivity index (χ1v) is 12.3. The van der Waals surface area contributed by atoms with Crippen LogP contribution >= 0.6 is 0 Å². The molecule has 0 spiro atoms. The van der Waals surface area contributed by atoms with Crippen molar-refractivity contribution < 1.29 is 14.3 Å². The molecule has 0 heterocycles. The van der Waals surface area contributed by atoms with E-state index in [0.29, 0.717) is 11.5 Å². The molecule has 0 bridgehead atoms. The Morgan fingerprint density at radius 1 is 0.800 bits per heavy atom. The van der Waals surface area contributed by atoms with Gasteiger partial charge in [-0.05, 0) is 25.5 Å². The molecule has 1 aromatic rings. The molecule has 4 heteroatoms. The Kier molecular flexibility index (Phi) is 15.9. The van der Waals surface area contributed by atoms with E-state index in [1.54, 1.807) is 14.0 Å². The molecule has 0 radical (unpaired) electrons. The molecule has 1 rings (SSSR count). The predicted octanol–water partition coefficient (Wildman–Crippen LogP) is 7.06. The third-order valence-electron chi connectivity index (χ3n) is 5.57. The summed E-state index contributed by atoms with van der Waals surface area (Å²) in [5.41, 5.74) is 0. The Bertz CT molecular complexity index is 547. The summed E-state index contributed by atoms with van der Waals surface area (Å²) in [6, 6.07) is 7.40. The normalized spacial score (nSPS) is 11.8. The van der Waals surface area contributed by atoms with Crippen molar-refractivity contribution in [1.29, 1.82) is 0 Å². The van der Waals surface area contributed by atoms with Crippen LogP contribution in [0.3, 0.4) is 0 Å². The van der Waals surface area contributed by atoms with Crippen LogP contribution in [0.15, 0.2) is 24.3 Å². The van der Waals surface area contributed by atoms with Crippen LogP contribution in [0.5, 0.6) is 11.5 Å². The van der Waals surface area contributed by atoms with E-state index in [4.69, 9.17) is 9.47 Å². The molecular weight excluding hydrogens is 374 g/mol. The molecule has 0 saturated carbocycles. The van der Waals surface area contributed by atoms with Gasteiger partial charge in [0.05, 0.1) is 7.11 Å². The van der Waals surface area contributed by atoms with Gasteiger partial charge in [-0.2, -0.15) is 0 Å². The lowest BCUT2D eigenvalue weighted by Gasteiger charge is -2.16. The van der Waals surface area contributed by atoms with E-state index in [1.165, 1.54) is 83.5 Å². The van der Waals surface area contributed by atoms with Crippen LogP contribution in [0.4, 0.5) is 0 Å². The van der Waals surface area contributed by atoms with Gasteiger partial charge in [0.25, 0.3) is 5.91 Å². The highest BCUT2D eigenvalue weighted by atomic mass is 16.5. The summed E-state index contributed by atoms with van der Waals surface area (Å²) in [7, 11) is 1.60. The maximum Gasteiger partial charge on any atom is 0.260 e. The fraction of sp³-hybridized carbons (Fsp3) is 0.731. The first-order chi connectivity index (χ1) is 14.7. The maximum atomic E-state index is 12.2. The molecule has 0 aliphatic carbocycles. The van der Waals surface area contributed by atoms with Crippen LogP contribution < -0.4 is 14.8 Å². The summed E-state index contributed by atoms with van der Waals surface area (Å²) in [6.45, 7) is 4.76. The number of hydrogen-bond acceptors (Lipinski definition) is 3. The average molecular weight is 420 g/mol. The molecule has 1 N–H and O–H groups in total. The van der Waals surface area contributed by atoms with E-state index >= 15 is 0 Å². The van der Waals surface area contributed by atoms with E-state index in [0.717, 1.165) is 13.0 Å². The lowest BCUT2D eigenvalue weighted by molar-refractivity contribution is -0.127. The van der Waals surface area contributed by atoms with Crippen molar-refractivity contribution in [2.45, 2.75) is 110 Å². The smallest absolute Gasteiger partial charge is 0.260 e. The number of hydrogen-bond donors (Lipinski definition) is 1. The number of nitrogens with one attached hydrogen (secondary N) is 1. The topological polar surface area (TPSA) is 47.6 Å². The van der Waals surface area contributed by atoms with Crippen LogP contribution in [0, 0.1) is 0 Å². The van der Waals surface area contributed by atoms with Gasteiger partial charge in [0, 0.05) is 6.54 Å². The summed E-state index contributed by atoms with van der Waals surface area (Å²) in [6.07, 6.45) is 18.2. The third-order valence-corrected chi connectivity index (χ3v) is 5.57. The van der Waals surface area contributed by atoms with Crippen LogP contribution in [0.1, 0.15) is 104 Å². The van der Waals surface area contributed by atoms with E-state index in [9.17, 15) is 4.79 Å². The van der Waals surface area contributed by atoms with Gasteiger partial charge < -0.3 is 14.8 Å². The number of unbranched alkanes of at least 4 members (excludes halogenated alkanes) is 13. The number of methoxy groups -OCH3 is 1. The van der Waals surface area contributed by atoms with Crippen molar-refractivity contribution in [2.24, 2.45) is 0 Å². The highest BCUT2D eigenvalue weighted by Crippen LogP contribution is 2.26. The van der Waals surface area contributed by atoms with Gasteiger partial charge in [0.15, 0.2) is 17.6 Å². The van der Waals surface area contributed by atoms with Crippen LogP contribution in [0.2, 0.25) is 0 Å². The summed E-state index contributed by atoms with van der Waals surface area (Å²) in [5, 5.41) is 2.98. The van der Waals surface area contributed by atoms with Crippen LogP contribution in [-0.4, -0.2) is 25.7 Å². The zero-order chi connectivity index (χ0) is 21.9. The van der Waals surface area contributed by atoms with Crippen molar-refractivity contribution in [2.75, 3.05) is 13.7 Å². The van der Waals surface area contributed by atoms with Crippen LogP contribution in [0.25, 0.3) is 0 Å². The molecule has 172 valence electrons. The number of benzene rings is 1. The minimum Gasteiger partial charge on any atom is -0.493 e. The summed E-state index contributed by atoms with van der Waals surface area (Å²) in [4.78, 5) is 12.2. The van der Waals surface area contributed by atoms with E-state index in [1.807, 2.05) is 24.3 Å². The third kappa shape index (κ3) is 12.8. The van der Waals surface area contributed by atoms with Gasteiger partial charge in [-0.25, -0.2) is 0 Å². The molecule has 0 saturated heterocycles. The van der Waals surface area contributed by atoms with Gasteiger partial charge in [0.1, 0.15) is 0 Å². The minimum atomic E-state index is -0.534.